The lowest BCUT2D eigenvalue weighted by Gasteiger charge is -2.51. The lowest BCUT2D eigenvalue weighted by atomic mass is 9.69. The second-order valence-electron chi connectivity index (χ2n) is 13.2. The van der Waals surface area contributed by atoms with Gasteiger partial charge in [-0.05, 0) is 75.0 Å². The molecule has 0 amide bonds. The van der Waals surface area contributed by atoms with E-state index in [1.54, 1.807) is 0 Å². The van der Waals surface area contributed by atoms with Crippen LogP contribution in [0.4, 0.5) is 0 Å². The number of hydrogen-bond acceptors (Lipinski definition) is 1. The third-order valence-electron chi connectivity index (χ3n) is 11.5. The van der Waals surface area contributed by atoms with Crippen molar-refractivity contribution >= 4 is 0 Å². The van der Waals surface area contributed by atoms with Crippen molar-refractivity contribution in [2.24, 2.45) is 23.7 Å². The maximum Gasteiger partial charge on any atom is 0.0212 e. The first kappa shape index (κ1) is 26.0. The molecule has 4 saturated carbocycles. The second kappa shape index (κ2) is 12.8. The average Bonchev–Trinajstić information content (AvgIpc) is 3.66. The molecule has 1 N–H and O–H groups in total. The van der Waals surface area contributed by atoms with Gasteiger partial charge in [0.1, 0.15) is 0 Å². The summed E-state index contributed by atoms with van der Waals surface area (Å²) in [6, 6.07) is 0. The van der Waals surface area contributed by atoms with Gasteiger partial charge in [0.15, 0.2) is 0 Å². The molecule has 192 valence electrons. The van der Waals surface area contributed by atoms with Gasteiger partial charge in [-0.2, -0.15) is 0 Å². The van der Waals surface area contributed by atoms with Crippen molar-refractivity contribution < 1.29 is 0 Å². The molecule has 0 spiro atoms. The smallest absolute Gasteiger partial charge is 0.0212 e. The van der Waals surface area contributed by atoms with E-state index in [9.17, 15) is 0 Å². The molecule has 4 aliphatic carbocycles. The molecule has 0 aliphatic heterocycles. The zero-order chi connectivity index (χ0) is 23.0. The van der Waals surface area contributed by atoms with E-state index in [0.717, 1.165) is 23.7 Å². The molecule has 4 aliphatic rings. The molecule has 0 saturated heterocycles. The van der Waals surface area contributed by atoms with E-state index in [2.05, 4.69) is 13.8 Å². The van der Waals surface area contributed by atoms with Crippen LogP contribution in [0, 0.1) is 23.7 Å². The Bertz CT molecular complexity index is 485. The fraction of sp³-hybridized carbons (Fsp3) is 1.00. The maximum atomic E-state index is 4.72. The summed E-state index contributed by atoms with van der Waals surface area (Å²) in [7, 11) is 0. The Morgan fingerprint density at radius 2 is 0.848 bits per heavy atom. The predicted octanol–water partition coefficient (Wildman–Crippen LogP) is 9.97. The van der Waals surface area contributed by atoms with Crippen molar-refractivity contribution in [3.8, 4) is 0 Å². The monoisotopic (exact) mass is 457 g/mol. The van der Waals surface area contributed by atoms with Crippen molar-refractivity contribution in [3.63, 3.8) is 0 Å². The van der Waals surface area contributed by atoms with Crippen LogP contribution in [0.3, 0.4) is 0 Å². The van der Waals surface area contributed by atoms with Gasteiger partial charge >= 0.3 is 0 Å². The van der Waals surface area contributed by atoms with E-state index < -0.39 is 0 Å². The van der Waals surface area contributed by atoms with Gasteiger partial charge in [0.05, 0.1) is 0 Å². The molecule has 2 atom stereocenters. The molecule has 33 heavy (non-hydrogen) atoms. The molecular weight excluding hydrogens is 398 g/mol. The largest absolute Gasteiger partial charge is 0.305 e. The van der Waals surface area contributed by atoms with E-state index in [-0.39, 0.29) is 0 Å². The van der Waals surface area contributed by atoms with Gasteiger partial charge in [-0.25, -0.2) is 0 Å². The summed E-state index contributed by atoms with van der Waals surface area (Å²) in [6.45, 7) is 5.10. The Balaban J connectivity index is 1.48. The molecule has 0 radical (unpaired) electrons. The molecule has 1 heteroatoms. The molecule has 1 nitrogen and oxygen atoms in total. The summed E-state index contributed by atoms with van der Waals surface area (Å²) >= 11 is 0. The van der Waals surface area contributed by atoms with E-state index >= 15 is 0 Å². The van der Waals surface area contributed by atoms with Crippen LogP contribution in [0.25, 0.3) is 0 Å². The van der Waals surface area contributed by atoms with Gasteiger partial charge in [-0.15, -0.1) is 0 Å². The lowest BCUT2D eigenvalue weighted by molar-refractivity contribution is 0.0673. The minimum Gasteiger partial charge on any atom is -0.305 e. The van der Waals surface area contributed by atoms with Crippen molar-refractivity contribution in [1.82, 2.24) is 5.32 Å². The van der Waals surface area contributed by atoms with Crippen molar-refractivity contribution in [2.75, 3.05) is 0 Å². The van der Waals surface area contributed by atoms with E-state index in [4.69, 9.17) is 5.32 Å². The topological polar surface area (TPSA) is 12.0 Å². The standard InChI is InChI=1S/C32H59N/c1-3-31(29-21-9-10-22-29,25-13-19-27-15-5-6-16-27)33-32(4-2,30-23-11-12-24-30)26-14-20-28-17-7-8-18-28/h27-30,33H,3-26H2,1-2H3. The summed E-state index contributed by atoms with van der Waals surface area (Å²) in [4.78, 5) is 0. The highest BCUT2D eigenvalue weighted by Crippen LogP contribution is 2.47. The fourth-order valence-corrected chi connectivity index (χ4v) is 9.31. The normalized spacial score (nSPS) is 27.5. The number of hydrogen-bond donors (Lipinski definition) is 1. The fourth-order valence-electron chi connectivity index (χ4n) is 9.31. The van der Waals surface area contributed by atoms with Gasteiger partial charge in [0.25, 0.3) is 0 Å². The number of rotatable bonds is 14. The van der Waals surface area contributed by atoms with Crippen LogP contribution >= 0.6 is 0 Å². The van der Waals surface area contributed by atoms with Crippen LogP contribution < -0.4 is 5.32 Å². The zero-order valence-corrected chi connectivity index (χ0v) is 22.8. The minimum absolute atomic E-state index is 0.418. The third kappa shape index (κ3) is 6.59. The molecule has 4 fully saturated rings. The van der Waals surface area contributed by atoms with Crippen LogP contribution in [0.1, 0.15) is 168 Å². The molecule has 0 heterocycles. The Morgan fingerprint density at radius 1 is 0.515 bits per heavy atom. The van der Waals surface area contributed by atoms with E-state index in [1.165, 1.54) is 154 Å². The molecule has 2 unspecified atom stereocenters. The van der Waals surface area contributed by atoms with E-state index in [1.807, 2.05) is 0 Å². The molecule has 0 aromatic carbocycles. The first-order valence-electron chi connectivity index (χ1n) is 16.0. The Morgan fingerprint density at radius 3 is 1.18 bits per heavy atom. The Kier molecular flexibility index (Phi) is 10.1. The molecular formula is C32H59N. The minimum atomic E-state index is 0.418. The van der Waals surface area contributed by atoms with Crippen LogP contribution in [0.2, 0.25) is 0 Å². The Labute approximate surface area is 208 Å². The summed E-state index contributed by atoms with van der Waals surface area (Å²) in [6.07, 6.45) is 35.7. The summed E-state index contributed by atoms with van der Waals surface area (Å²) in [5, 5.41) is 4.72. The highest BCUT2D eigenvalue weighted by Gasteiger charge is 2.47. The predicted molar refractivity (Wildman–Crippen MR) is 145 cm³/mol. The highest BCUT2D eigenvalue weighted by atomic mass is 15.1. The van der Waals surface area contributed by atoms with Gasteiger partial charge in [0.2, 0.25) is 0 Å². The lowest BCUT2D eigenvalue weighted by Crippen LogP contribution is -2.63. The van der Waals surface area contributed by atoms with Crippen LogP contribution in [-0.4, -0.2) is 11.1 Å². The first-order chi connectivity index (χ1) is 16.2. The van der Waals surface area contributed by atoms with Crippen LogP contribution in [-0.2, 0) is 0 Å². The van der Waals surface area contributed by atoms with Crippen LogP contribution in [0.5, 0.6) is 0 Å². The quantitative estimate of drug-likeness (QED) is 0.273. The Hall–Kier alpha value is -0.0400. The summed E-state index contributed by atoms with van der Waals surface area (Å²) in [5.41, 5.74) is 0.835. The summed E-state index contributed by atoms with van der Waals surface area (Å²) < 4.78 is 0. The van der Waals surface area contributed by atoms with Gasteiger partial charge in [0, 0.05) is 11.1 Å². The van der Waals surface area contributed by atoms with E-state index in [0.29, 0.717) is 11.1 Å². The third-order valence-corrected chi connectivity index (χ3v) is 11.5. The zero-order valence-electron chi connectivity index (χ0n) is 22.8. The van der Waals surface area contributed by atoms with Gasteiger partial charge in [-0.1, -0.05) is 117 Å². The van der Waals surface area contributed by atoms with Crippen molar-refractivity contribution in [3.05, 3.63) is 0 Å². The van der Waals surface area contributed by atoms with Gasteiger partial charge < -0.3 is 5.32 Å². The highest BCUT2D eigenvalue weighted by molar-refractivity contribution is 5.05. The average molecular weight is 458 g/mol. The van der Waals surface area contributed by atoms with Crippen molar-refractivity contribution in [1.29, 1.82) is 0 Å². The molecule has 0 aromatic heterocycles. The molecule has 4 rings (SSSR count). The maximum absolute atomic E-state index is 4.72. The van der Waals surface area contributed by atoms with Gasteiger partial charge in [-0.3, -0.25) is 0 Å². The number of nitrogens with one attached hydrogen (secondary N) is 1. The second-order valence-corrected chi connectivity index (χ2v) is 13.2. The van der Waals surface area contributed by atoms with Crippen LogP contribution in [0.15, 0.2) is 0 Å². The summed E-state index contributed by atoms with van der Waals surface area (Å²) in [5.74, 6) is 3.99. The van der Waals surface area contributed by atoms with Crippen molar-refractivity contribution in [2.45, 2.75) is 179 Å². The first-order valence-corrected chi connectivity index (χ1v) is 16.0. The SMILES string of the molecule is CCC(CCCC1CCCC1)(NC(CC)(CCCC1CCCC1)C1CCCC1)C1CCCC1. The molecule has 0 aromatic rings. The molecule has 0 bridgehead atoms.